The van der Waals surface area contributed by atoms with Crippen LogP contribution in [0.5, 0.6) is 0 Å². The highest BCUT2D eigenvalue weighted by Crippen LogP contribution is 2.29. The van der Waals surface area contributed by atoms with Crippen LogP contribution in [0.25, 0.3) is 22.3 Å². The molecule has 4 aromatic rings. The van der Waals surface area contributed by atoms with E-state index in [1.807, 2.05) is 12.1 Å². The molecular formula is C20H18N6O2. The minimum atomic E-state index is -0.267. The van der Waals surface area contributed by atoms with Gasteiger partial charge in [0.05, 0.1) is 0 Å². The van der Waals surface area contributed by atoms with Crippen molar-refractivity contribution >= 4 is 22.8 Å². The first kappa shape index (κ1) is 16.5. The number of nitrogens with one attached hydrogen (secondary N) is 3. The number of amides is 1. The van der Waals surface area contributed by atoms with Crippen molar-refractivity contribution in [3.05, 3.63) is 59.5 Å². The van der Waals surface area contributed by atoms with Crippen LogP contribution >= 0.6 is 0 Å². The molecule has 0 aliphatic heterocycles. The average Bonchev–Trinajstić information content (AvgIpc) is 3.37. The second-order valence-electron chi connectivity index (χ2n) is 6.79. The van der Waals surface area contributed by atoms with Gasteiger partial charge < -0.3 is 9.51 Å². The number of benzene rings is 1. The van der Waals surface area contributed by atoms with Crippen molar-refractivity contribution in [3.63, 3.8) is 0 Å². The van der Waals surface area contributed by atoms with Gasteiger partial charge in [-0.15, -0.1) is 0 Å². The summed E-state index contributed by atoms with van der Waals surface area (Å²) < 4.78 is 5.13. The molecule has 8 nitrogen and oxygen atoms in total. The number of pyridine rings is 1. The first-order valence-electron chi connectivity index (χ1n) is 9.22. The number of hydrogen-bond acceptors (Lipinski definition) is 6. The second-order valence-corrected chi connectivity index (χ2v) is 6.79. The fourth-order valence-electron chi connectivity index (χ4n) is 3.62. The summed E-state index contributed by atoms with van der Waals surface area (Å²) in [6, 6.07) is 9.36. The van der Waals surface area contributed by atoms with E-state index < -0.39 is 0 Å². The molecule has 0 bridgehead atoms. The fourth-order valence-corrected chi connectivity index (χ4v) is 3.62. The van der Waals surface area contributed by atoms with E-state index in [-0.39, 0.29) is 11.9 Å². The number of nitrogens with zero attached hydrogens (tertiary/aromatic N) is 3. The Labute approximate surface area is 160 Å². The number of aromatic amines is 1. The first-order chi connectivity index (χ1) is 13.8. The van der Waals surface area contributed by atoms with E-state index in [9.17, 15) is 4.79 Å². The minimum Gasteiger partial charge on any atom is -0.358 e. The quantitative estimate of drug-likeness (QED) is 0.473. The van der Waals surface area contributed by atoms with Gasteiger partial charge in [-0.1, -0.05) is 5.16 Å². The number of anilines is 1. The molecule has 3 N–H and O–H groups in total. The molecule has 0 unspecified atom stereocenters. The Morgan fingerprint density at radius 3 is 2.86 bits per heavy atom. The van der Waals surface area contributed by atoms with Gasteiger partial charge in [0.1, 0.15) is 0 Å². The molecule has 28 heavy (non-hydrogen) atoms. The normalized spacial score (nSPS) is 13.3. The van der Waals surface area contributed by atoms with Gasteiger partial charge in [-0.25, -0.2) is 5.43 Å². The Morgan fingerprint density at radius 2 is 1.96 bits per heavy atom. The van der Waals surface area contributed by atoms with Crippen LogP contribution in [0.3, 0.4) is 0 Å². The van der Waals surface area contributed by atoms with Gasteiger partial charge in [0.2, 0.25) is 5.82 Å². The molecular weight excluding hydrogens is 356 g/mol. The number of hydrazine groups is 1. The zero-order valence-electron chi connectivity index (χ0n) is 15.0. The van der Waals surface area contributed by atoms with Crippen molar-refractivity contribution in [3.8, 4) is 11.4 Å². The number of aromatic nitrogens is 4. The SMILES string of the molecule is O=C(NNc1nc(-c2ccncc2)no1)c1ccc2[nH]c3c(c2c1)CCCC3. The summed E-state index contributed by atoms with van der Waals surface area (Å²) >= 11 is 0. The summed E-state index contributed by atoms with van der Waals surface area (Å²) in [5, 5.41) is 5.01. The molecule has 1 amide bonds. The summed E-state index contributed by atoms with van der Waals surface area (Å²) in [7, 11) is 0. The Hall–Kier alpha value is -3.68. The van der Waals surface area contributed by atoms with Crippen molar-refractivity contribution in [2.24, 2.45) is 0 Å². The summed E-state index contributed by atoms with van der Waals surface area (Å²) in [6.45, 7) is 0. The first-order valence-corrected chi connectivity index (χ1v) is 9.22. The fraction of sp³-hybridized carbons (Fsp3) is 0.200. The van der Waals surface area contributed by atoms with E-state index >= 15 is 0 Å². The number of rotatable bonds is 4. The van der Waals surface area contributed by atoms with E-state index in [0.29, 0.717) is 11.4 Å². The molecule has 3 heterocycles. The smallest absolute Gasteiger partial charge is 0.340 e. The minimum absolute atomic E-state index is 0.111. The zero-order valence-corrected chi connectivity index (χ0v) is 15.0. The van der Waals surface area contributed by atoms with Crippen LogP contribution < -0.4 is 10.9 Å². The molecule has 0 radical (unpaired) electrons. The third-order valence-electron chi connectivity index (χ3n) is 5.01. The van der Waals surface area contributed by atoms with Crippen molar-refractivity contribution < 1.29 is 9.32 Å². The third-order valence-corrected chi connectivity index (χ3v) is 5.01. The molecule has 1 aliphatic carbocycles. The standard InChI is InChI=1S/C20H18N6O2/c27-19(24-25-20-23-18(26-28-20)12-7-9-21-10-8-12)13-5-6-17-15(11-13)14-3-1-2-4-16(14)22-17/h5-11,22H,1-4H2,(H,24,27)(H,23,25,26). The van der Waals surface area contributed by atoms with Crippen molar-refractivity contribution in [2.75, 3.05) is 5.43 Å². The van der Waals surface area contributed by atoms with Crippen LogP contribution in [-0.2, 0) is 12.8 Å². The highest BCUT2D eigenvalue weighted by molar-refractivity contribution is 5.99. The largest absolute Gasteiger partial charge is 0.358 e. The van der Waals surface area contributed by atoms with Crippen LogP contribution in [0.4, 0.5) is 6.01 Å². The van der Waals surface area contributed by atoms with Gasteiger partial charge in [0, 0.05) is 40.1 Å². The molecule has 0 spiro atoms. The van der Waals surface area contributed by atoms with Gasteiger partial charge in [0.15, 0.2) is 0 Å². The molecule has 0 atom stereocenters. The van der Waals surface area contributed by atoms with Crippen molar-refractivity contribution in [1.29, 1.82) is 0 Å². The Morgan fingerprint density at radius 1 is 1.11 bits per heavy atom. The van der Waals surface area contributed by atoms with Crippen LogP contribution in [0.2, 0.25) is 0 Å². The van der Waals surface area contributed by atoms with Gasteiger partial charge in [0.25, 0.3) is 5.91 Å². The predicted octanol–water partition coefficient (Wildman–Crippen LogP) is 3.25. The Bertz CT molecular complexity index is 1150. The molecule has 3 aromatic heterocycles. The Kier molecular flexibility index (Phi) is 4.01. The summed E-state index contributed by atoms with van der Waals surface area (Å²) in [5.41, 5.74) is 10.3. The van der Waals surface area contributed by atoms with Crippen molar-refractivity contribution in [1.82, 2.24) is 25.5 Å². The van der Waals surface area contributed by atoms with Crippen LogP contribution in [0, 0.1) is 0 Å². The molecule has 8 heteroatoms. The molecule has 1 aliphatic rings. The molecule has 140 valence electrons. The number of carbonyl (C=O) groups excluding carboxylic acids is 1. The highest BCUT2D eigenvalue weighted by Gasteiger charge is 2.17. The van der Waals surface area contributed by atoms with Crippen LogP contribution in [0.15, 0.2) is 47.2 Å². The summed E-state index contributed by atoms with van der Waals surface area (Å²) in [4.78, 5) is 24.2. The molecule has 5 rings (SSSR count). The number of hydrogen-bond donors (Lipinski definition) is 3. The second kappa shape index (κ2) is 6.80. The van der Waals surface area contributed by atoms with Gasteiger partial charge in [-0.2, -0.15) is 4.98 Å². The average molecular weight is 374 g/mol. The Balaban J connectivity index is 1.31. The van der Waals surface area contributed by atoms with Gasteiger partial charge in [-0.05, 0) is 61.6 Å². The van der Waals surface area contributed by atoms with Gasteiger partial charge in [-0.3, -0.25) is 15.2 Å². The third kappa shape index (κ3) is 2.98. The number of carbonyl (C=O) groups is 1. The van der Waals surface area contributed by atoms with E-state index in [1.165, 1.54) is 24.1 Å². The van der Waals surface area contributed by atoms with Crippen LogP contribution in [-0.4, -0.2) is 26.0 Å². The van der Waals surface area contributed by atoms with E-state index in [1.54, 1.807) is 30.6 Å². The topological polar surface area (TPSA) is 109 Å². The maximum absolute atomic E-state index is 12.5. The summed E-state index contributed by atoms with van der Waals surface area (Å²) in [5.74, 6) is 0.149. The lowest BCUT2D eigenvalue weighted by Gasteiger charge is -2.10. The number of aryl methyl sites for hydroxylation is 2. The maximum atomic E-state index is 12.5. The van der Waals surface area contributed by atoms with Crippen LogP contribution in [0.1, 0.15) is 34.5 Å². The zero-order chi connectivity index (χ0) is 18.9. The van der Waals surface area contributed by atoms with E-state index in [4.69, 9.17) is 4.52 Å². The van der Waals surface area contributed by atoms with E-state index in [2.05, 4.69) is 31.0 Å². The lowest BCUT2D eigenvalue weighted by atomic mass is 9.95. The number of H-pyrrole nitrogens is 1. The monoisotopic (exact) mass is 374 g/mol. The molecule has 1 aromatic carbocycles. The summed E-state index contributed by atoms with van der Waals surface area (Å²) in [6.07, 6.45) is 7.83. The molecule has 0 saturated heterocycles. The lowest BCUT2D eigenvalue weighted by molar-refractivity contribution is 0.0961. The molecule has 0 fully saturated rings. The van der Waals surface area contributed by atoms with E-state index in [0.717, 1.165) is 29.3 Å². The maximum Gasteiger partial charge on any atom is 0.340 e. The molecule has 0 saturated carbocycles. The van der Waals surface area contributed by atoms with Crippen molar-refractivity contribution in [2.45, 2.75) is 25.7 Å². The number of fused-ring (bicyclic) bond motifs is 3. The predicted molar refractivity (Wildman–Crippen MR) is 104 cm³/mol. The van der Waals surface area contributed by atoms with Gasteiger partial charge >= 0.3 is 6.01 Å². The highest BCUT2D eigenvalue weighted by atomic mass is 16.5. The lowest BCUT2D eigenvalue weighted by Crippen LogP contribution is -2.29.